The molecule has 202 valence electrons. The number of nitrogens with zero attached hydrogens (tertiary/aromatic N) is 6. The van der Waals surface area contributed by atoms with Crippen molar-refractivity contribution in [2.24, 2.45) is 5.10 Å². The maximum Gasteiger partial charge on any atom is 0.288 e. The second-order valence-corrected chi connectivity index (χ2v) is 8.42. The summed E-state index contributed by atoms with van der Waals surface area (Å²) < 4.78 is 24.4. The van der Waals surface area contributed by atoms with E-state index in [1.165, 1.54) is 30.5 Å². The fraction of sp³-hybridized carbons (Fsp3) is 0.167. The van der Waals surface area contributed by atoms with Crippen molar-refractivity contribution in [2.75, 3.05) is 41.9 Å². The normalized spacial score (nSPS) is 13.2. The first-order valence-corrected chi connectivity index (χ1v) is 11.8. The van der Waals surface area contributed by atoms with E-state index in [2.05, 4.69) is 30.8 Å². The maximum absolute atomic E-state index is 13.3. The molecule has 0 atom stereocenters. The van der Waals surface area contributed by atoms with E-state index in [4.69, 9.17) is 20.8 Å². The van der Waals surface area contributed by atoms with Crippen molar-refractivity contribution in [1.29, 1.82) is 0 Å². The van der Waals surface area contributed by atoms with Gasteiger partial charge in [0.2, 0.25) is 17.8 Å². The topological polar surface area (TPSA) is 144 Å². The molecule has 2 aromatic carbocycles. The van der Waals surface area contributed by atoms with Crippen LogP contribution in [0.15, 0.2) is 64.1 Å². The minimum absolute atomic E-state index is 0. The van der Waals surface area contributed by atoms with E-state index in [-0.39, 0.29) is 40.8 Å². The van der Waals surface area contributed by atoms with Gasteiger partial charge in [-0.05, 0) is 48.5 Å². The third-order valence-electron chi connectivity index (χ3n) is 5.43. The van der Waals surface area contributed by atoms with Crippen LogP contribution in [-0.2, 0) is 4.74 Å². The van der Waals surface area contributed by atoms with Crippen LogP contribution >= 0.6 is 24.0 Å². The van der Waals surface area contributed by atoms with Crippen LogP contribution in [-0.4, -0.2) is 52.4 Å². The molecule has 0 amide bonds. The fourth-order valence-corrected chi connectivity index (χ4v) is 3.76. The average molecular weight is 575 g/mol. The number of nitro groups is 1. The Morgan fingerprint density at radius 1 is 1.05 bits per heavy atom. The number of aromatic nitrogens is 3. The van der Waals surface area contributed by atoms with Crippen molar-refractivity contribution >= 4 is 59.4 Å². The number of hydrazone groups is 1. The molecule has 4 aromatic rings. The summed E-state index contributed by atoms with van der Waals surface area (Å²) in [4.78, 5) is 25.8. The summed E-state index contributed by atoms with van der Waals surface area (Å²) >= 11 is 5.89. The van der Waals surface area contributed by atoms with Gasteiger partial charge in [-0.3, -0.25) is 10.1 Å². The van der Waals surface area contributed by atoms with E-state index >= 15 is 0 Å². The highest BCUT2D eigenvalue weighted by Crippen LogP contribution is 2.31. The van der Waals surface area contributed by atoms with Gasteiger partial charge in [0, 0.05) is 30.4 Å². The van der Waals surface area contributed by atoms with Crippen LogP contribution in [0.3, 0.4) is 0 Å². The Bertz CT molecular complexity index is 1480. The zero-order valence-electron chi connectivity index (χ0n) is 20.1. The number of benzene rings is 2. The third kappa shape index (κ3) is 6.96. The van der Waals surface area contributed by atoms with Crippen molar-refractivity contribution in [1.82, 2.24) is 15.0 Å². The number of rotatable bonds is 8. The van der Waals surface area contributed by atoms with Gasteiger partial charge >= 0.3 is 0 Å². The molecule has 1 saturated heterocycles. The molecule has 2 aromatic heterocycles. The van der Waals surface area contributed by atoms with E-state index in [9.17, 15) is 14.5 Å². The summed E-state index contributed by atoms with van der Waals surface area (Å²) in [7, 11) is 0. The van der Waals surface area contributed by atoms with Gasteiger partial charge in [-0.15, -0.1) is 12.4 Å². The molecular formula is C24H21Cl2FN8O4. The molecule has 39 heavy (non-hydrogen) atoms. The fourth-order valence-electron chi connectivity index (χ4n) is 3.57. The van der Waals surface area contributed by atoms with Crippen LogP contribution in [0.2, 0.25) is 5.02 Å². The Kier molecular flexibility index (Phi) is 8.86. The zero-order valence-corrected chi connectivity index (χ0v) is 21.7. The van der Waals surface area contributed by atoms with Crippen molar-refractivity contribution in [2.45, 2.75) is 0 Å². The number of ether oxygens (including phenoxy) is 1. The van der Waals surface area contributed by atoms with E-state index < -0.39 is 4.92 Å². The summed E-state index contributed by atoms with van der Waals surface area (Å²) in [5.41, 5.74) is 3.66. The highest BCUT2D eigenvalue weighted by molar-refractivity contribution is 6.32. The molecular weight excluding hydrogens is 554 g/mol. The van der Waals surface area contributed by atoms with Crippen molar-refractivity contribution in [3.05, 3.63) is 81.3 Å². The van der Waals surface area contributed by atoms with Crippen molar-refractivity contribution in [3.63, 3.8) is 0 Å². The lowest BCUT2D eigenvalue weighted by molar-refractivity contribution is -0.384. The predicted molar refractivity (Wildman–Crippen MR) is 147 cm³/mol. The molecule has 3 heterocycles. The highest BCUT2D eigenvalue weighted by Gasteiger charge is 2.17. The van der Waals surface area contributed by atoms with Gasteiger partial charge in [0.25, 0.3) is 5.69 Å². The van der Waals surface area contributed by atoms with Gasteiger partial charge in [0.1, 0.15) is 22.4 Å². The number of hydrogen-bond acceptors (Lipinski definition) is 11. The van der Waals surface area contributed by atoms with Crippen LogP contribution in [0, 0.1) is 15.9 Å². The molecule has 0 unspecified atom stereocenters. The number of nitro benzene ring substituents is 1. The van der Waals surface area contributed by atoms with Crippen LogP contribution < -0.4 is 15.6 Å². The lowest BCUT2D eigenvalue weighted by atomic mass is 10.1. The van der Waals surface area contributed by atoms with Crippen LogP contribution in [0.4, 0.5) is 33.6 Å². The Morgan fingerprint density at radius 2 is 1.79 bits per heavy atom. The number of nitrogens with one attached hydrogen (secondary N) is 2. The smallest absolute Gasteiger partial charge is 0.288 e. The molecule has 1 aliphatic heterocycles. The van der Waals surface area contributed by atoms with Gasteiger partial charge < -0.3 is 19.4 Å². The minimum Gasteiger partial charge on any atom is -0.455 e. The summed E-state index contributed by atoms with van der Waals surface area (Å²) in [5, 5.41) is 18.4. The summed E-state index contributed by atoms with van der Waals surface area (Å²) in [6.45, 7) is 2.32. The first kappa shape index (κ1) is 27.7. The summed E-state index contributed by atoms with van der Waals surface area (Å²) in [6.07, 6.45) is 1.42. The number of furan rings is 1. The minimum atomic E-state index is -0.555. The molecule has 12 nitrogen and oxygen atoms in total. The molecule has 0 saturated carbocycles. The SMILES string of the molecule is Cl.O=[N+]([O-])c1cc(-c2ccc(C=NNc3nc(Nc4ccc(F)cc4)nc(N4CCOCC4)n3)o2)ccc1Cl. The monoisotopic (exact) mass is 574 g/mol. The largest absolute Gasteiger partial charge is 0.455 e. The van der Waals surface area contributed by atoms with Gasteiger partial charge in [0.15, 0.2) is 0 Å². The van der Waals surface area contributed by atoms with Crippen LogP contribution in [0.5, 0.6) is 0 Å². The molecule has 0 spiro atoms. The quantitative estimate of drug-likeness (QED) is 0.162. The molecule has 0 aliphatic carbocycles. The van der Waals surface area contributed by atoms with Crippen molar-refractivity contribution < 1.29 is 18.5 Å². The van der Waals surface area contributed by atoms with E-state index in [0.717, 1.165) is 0 Å². The molecule has 1 fully saturated rings. The first-order chi connectivity index (χ1) is 18.4. The van der Waals surface area contributed by atoms with Crippen LogP contribution in [0.25, 0.3) is 11.3 Å². The molecule has 0 radical (unpaired) electrons. The Morgan fingerprint density at radius 3 is 2.54 bits per heavy atom. The predicted octanol–water partition coefficient (Wildman–Crippen LogP) is 5.28. The van der Waals surface area contributed by atoms with Crippen LogP contribution in [0.1, 0.15) is 5.76 Å². The number of halogens is 3. The van der Waals surface area contributed by atoms with E-state index in [0.29, 0.717) is 55.0 Å². The lowest BCUT2D eigenvalue weighted by Gasteiger charge is -2.27. The standard InChI is InChI=1S/C24H20ClFN8O4.ClH/c25-19-7-1-15(13-20(19)34(35)36)21-8-6-18(38-21)14-27-32-23-29-22(28-17-4-2-16(26)3-5-17)30-24(31-23)33-9-11-37-12-10-33;/h1-8,13-14H,9-12H2,(H2,28,29,30,31,32);1H. The second kappa shape index (κ2) is 12.5. The molecule has 15 heteroatoms. The van der Waals surface area contributed by atoms with Gasteiger partial charge in [0.05, 0.1) is 24.4 Å². The molecule has 2 N–H and O–H groups in total. The van der Waals surface area contributed by atoms with Gasteiger partial charge in [-0.2, -0.15) is 20.1 Å². The summed E-state index contributed by atoms with van der Waals surface area (Å²) in [5.74, 6) is 1.28. The number of hydrogen-bond donors (Lipinski definition) is 2. The lowest BCUT2D eigenvalue weighted by Crippen LogP contribution is -2.37. The van der Waals surface area contributed by atoms with E-state index in [1.807, 2.05) is 4.90 Å². The third-order valence-corrected chi connectivity index (χ3v) is 5.75. The molecule has 0 bridgehead atoms. The first-order valence-electron chi connectivity index (χ1n) is 11.4. The second-order valence-electron chi connectivity index (χ2n) is 8.01. The Hall–Kier alpha value is -4.33. The average Bonchev–Trinajstić information content (AvgIpc) is 3.39. The molecule has 1 aliphatic rings. The van der Waals surface area contributed by atoms with Crippen molar-refractivity contribution in [3.8, 4) is 11.3 Å². The Labute approximate surface area is 232 Å². The summed E-state index contributed by atoms with van der Waals surface area (Å²) in [6, 6.07) is 13.5. The number of morpholine rings is 1. The van der Waals surface area contributed by atoms with E-state index in [1.54, 1.807) is 30.3 Å². The highest BCUT2D eigenvalue weighted by atomic mass is 35.5. The maximum atomic E-state index is 13.3. The zero-order chi connectivity index (χ0) is 26.5. The van der Waals surface area contributed by atoms with Gasteiger partial charge in [-0.25, -0.2) is 9.82 Å². The number of anilines is 4. The Balaban J connectivity index is 0.00000353. The van der Waals surface area contributed by atoms with Gasteiger partial charge in [-0.1, -0.05) is 11.6 Å². The molecule has 5 rings (SSSR count).